The molecule has 0 unspecified atom stereocenters. The van der Waals surface area contributed by atoms with Crippen molar-refractivity contribution in [2.24, 2.45) is 27.1 Å². The van der Waals surface area contributed by atoms with E-state index >= 15 is 0 Å². The first kappa shape index (κ1) is 136. The molecule has 5 aliphatic rings. The van der Waals surface area contributed by atoms with Crippen molar-refractivity contribution in [3.63, 3.8) is 0 Å². The molecule has 1 saturated heterocycles. The molecule has 148 heavy (non-hydrogen) atoms. The van der Waals surface area contributed by atoms with Gasteiger partial charge in [0.05, 0.1) is 6.10 Å². The molecule has 6 N–H and O–H groups in total. The van der Waals surface area contributed by atoms with Crippen LogP contribution in [0.2, 0.25) is 0 Å². The van der Waals surface area contributed by atoms with Crippen molar-refractivity contribution in [3.05, 3.63) is 155 Å². The predicted octanol–water partition coefficient (Wildman–Crippen LogP) is 31.8. The van der Waals surface area contributed by atoms with Gasteiger partial charge in [-0.1, -0.05) is 224 Å². The highest BCUT2D eigenvalue weighted by Crippen LogP contribution is 2.37. The smallest absolute Gasteiger partial charge is 0.213 e. The lowest BCUT2D eigenvalue weighted by molar-refractivity contribution is 0.00217. The first-order valence-electron chi connectivity index (χ1n) is 57.7. The van der Waals surface area contributed by atoms with E-state index in [1.807, 2.05) is 82.8 Å². The van der Waals surface area contributed by atoms with E-state index in [4.69, 9.17) is 33.2 Å². The molecule has 1 aliphatic heterocycles. The van der Waals surface area contributed by atoms with Crippen molar-refractivity contribution in [2.45, 2.75) is 571 Å². The Kier molecular flexibility index (Phi) is 56.0. The number of aromatic nitrogens is 4. The number of hydrogen-bond donors (Lipinski definition) is 6. The fourth-order valence-electron chi connectivity index (χ4n) is 16.9. The number of nitrogens with zero attached hydrogens (tertiary/aromatic N) is 5. The van der Waals surface area contributed by atoms with Crippen molar-refractivity contribution < 1.29 is 33.2 Å². The zero-order valence-corrected chi connectivity index (χ0v) is 105. The van der Waals surface area contributed by atoms with Gasteiger partial charge in [0.1, 0.15) is 48.1 Å². The molecule has 0 amide bonds. The van der Waals surface area contributed by atoms with Gasteiger partial charge in [-0.3, -0.25) is 0 Å². The standard InChI is InChI=1S/2C20H33NO.C19H32N2O.C18H37NO.C17H28N2O.2C16H28N2O.2C2H6/c2*1-19(2,3)11-10-15-8-7-9-17(12-15)22-18-13-16(14-18)21-20(4,5)6;1-18(2,3)10-9-14-7-8-17(20-13-14)22-16-11-15(12-16)21-19(4,5)6;1-17(2,3)10-7-15-20-16-8-12-19(13-9-16)14-11-18(4,5)6;1-16(2,3)12-7-8-18-15(9-12)20-14-10-13(11-14)19-17(4,5)6;2*1-12(11-18-16(5,6)7)19-14-10-13(8-9-17-14)15(2,3)4;2*1-2/h2*7-9,12,16,18,21H,10-11,13-14H2,1-6H3;7-8,13,15-16,21H,9-12H2,1-6H3;16H,7-15H2,1-6H3;7-9,13-14,19H,10-11H2,1-6H3;2*8-10,12,18H,11H2,1-7H3;2*1-2H3/t;;;;;2*12-;;/m.....10../s1. The van der Waals surface area contributed by atoms with Crippen LogP contribution in [0.4, 0.5) is 0 Å². The fourth-order valence-corrected chi connectivity index (χ4v) is 16.9. The molecule has 0 bridgehead atoms. The maximum atomic E-state index is 6.13. The van der Waals surface area contributed by atoms with Gasteiger partial charge in [-0.05, 0) is 386 Å². The van der Waals surface area contributed by atoms with Crippen LogP contribution in [0.3, 0.4) is 0 Å². The quantitative estimate of drug-likeness (QED) is 0.0218. The summed E-state index contributed by atoms with van der Waals surface area (Å²) in [5.74, 6) is 5.00. The van der Waals surface area contributed by atoms with Crippen molar-refractivity contribution in [1.82, 2.24) is 56.7 Å². The minimum absolute atomic E-state index is 0.0990. The summed E-state index contributed by atoms with van der Waals surface area (Å²) in [6, 6.07) is 36.1. The predicted molar refractivity (Wildman–Crippen MR) is 637 cm³/mol. The Morgan fingerprint density at radius 2 is 0.615 bits per heavy atom. The van der Waals surface area contributed by atoms with Gasteiger partial charge in [-0.25, -0.2) is 19.9 Å². The molecule has 5 fully saturated rings. The second kappa shape index (κ2) is 61.1. The lowest BCUT2D eigenvalue weighted by atomic mass is 9.87. The second-order valence-electron chi connectivity index (χ2n) is 58.1. The minimum Gasteiger partial charge on any atom is -0.490 e. The van der Waals surface area contributed by atoms with Crippen LogP contribution in [0.15, 0.2) is 122 Å². The molecule has 11 rings (SSSR count). The largest absolute Gasteiger partial charge is 0.490 e. The number of piperidine rings is 1. The van der Waals surface area contributed by atoms with Crippen molar-refractivity contribution in [3.8, 4) is 35.0 Å². The van der Waals surface area contributed by atoms with E-state index in [1.54, 1.807) is 0 Å². The molecule has 4 aromatic heterocycles. The van der Waals surface area contributed by atoms with E-state index in [0.717, 1.165) is 114 Å². The average Bonchev–Trinajstić information content (AvgIpc) is 0.821. The summed E-state index contributed by atoms with van der Waals surface area (Å²) in [7, 11) is 0. The Labute approximate surface area is 911 Å². The number of benzene rings is 2. The third-order valence-electron chi connectivity index (χ3n) is 25.6. The normalized spacial score (nSPS) is 19.5. The summed E-state index contributed by atoms with van der Waals surface area (Å²) in [4.78, 5) is 20.0. The van der Waals surface area contributed by atoms with Crippen molar-refractivity contribution in [1.29, 1.82) is 0 Å². The SMILES string of the molecule is CC.CC.CC(C)(C)CCCOC1CCN(CCC(C)(C)C)CC1.CC(C)(C)CCc1ccc(OC2CC(NC(C)(C)C)C2)nc1.CC(C)(C)CCc1cccc(OC2CC(NC(C)(C)C)C2)c1.CC(C)(C)CCc1cccc(OC2CC(NC(C)(C)C)C2)c1.CC(C)(C)NC1CC(Oc2cc(C(C)(C)C)ccn2)C1.C[C@@H](CNC(C)(C)C)Oc1cc(C(C)(C)C)ccn1.C[C@H](CNC(C)(C)C)Oc1cc(C(C)(C)C)ccn1. The number of pyridine rings is 4. The Morgan fingerprint density at radius 1 is 0.311 bits per heavy atom. The second-order valence-corrected chi connectivity index (χ2v) is 58.1. The molecule has 5 heterocycles. The molecule has 18 heteroatoms. The number of ether oxygens (including phenoxy) is 7. The highest BCUT2D eigenvalue weighted by Gasteiger charge is 2.38. The van der Waals surface area contributed by atoms with Crippen LogP contribution in [-0.2, 0) is 40.2 Å². The Morgan fingerprint density at radius 3 is 0.912 bits per heavy atom. The van der Waals surface area contributed by atoms with Gasteiger partial charge in [0.25, 0.3) is 0 Å². The molecular formula is C130H231N11O7. The number of likely N-dealkylation sites (tertiary alicyclic amines) is 1. The molecule has 848 valence electrons. The number of rotatable bonds is 32. The summed E-state index contributed by atoms with van der Waals surface area (Å²) in [5.41, 5.74) is 11.2. The molecule has 2 aromatic carbocycles. The zero-order valence-electron chi connectivity index (χ0n) is 105. The highest BCUT2D eigenvalue weighted by atomic mass is 16.5. The molecular weight excluding hydrogens is 1830 g/mol. The van der Waals surface area contributed by atoms with Gasteiger partial charge in [0.15, 0.2) is 0 Å². The Bertz CT molecular complexity index is 4360. The number of aryl methyl sites for hydroxylation is 3. The lowest BCUT2D eigenvalue weighted by Crippen LogP contribution is -2.53. The van der Waals surface area contributed by atoms with E-state index in [0.29, 0.717) is 93.5 Å². The molecule has 2 atom stereocenters. The van der Waals surface area contributed by atoms with Gasteiger partial charge >= 0.3 is 0 Å². The molecule has 6 aromatic rings. The molecule has 4 aliphatic carbocycles. The van der Waals surface area contributed by atoms with Crippen LogP contribution in [0.5, 0.6) is 35.0 Å². The monoisotopic (exact) mass is 2060 g/mol. The van der Waals surface area contributed by atoms with Crippen LogP contribution in [0.25, 0.3) is 0 Å². The van der Waals surface area contributed by atoms with Crippen LogP contribution >= 0.6 is 0 Å². The summed E-state index contributed by atoms with van der Waals surface area (Å²) in [6.07, 6.45) is 31.4. The maximum absolute atomic E-state index is 6.13. The summed E-state index contributed by atoms with van der Waals surface area (Å²) < 4.78 is 42.0. The minimum atomic E-state index is 0.0990. The molecule has 0 radical (unpaired) electrons. The maximum Gasteiger partial charge on any atom is 0.213 e. The Balaban J connectivity index is 0.000000441. The lowest BCUT2D eigenvalue weighted by Gasteiger charge is -2.40. The van der Waals surface area contributed by atoms with Crippen LogP contribution in [-0.4, -0.2) is 164 Å². The average molecular weight is 2060 g/mol. The third kappa shape index (κ3) is 65.9. The molecule has 18 nitrogen and oxygen atoms in total. The molecule has 4 saturated carbocycles. The van der Waals surface area contributed by atoms with E-state index in [9.17, 15) is 0 Å². The van der Waals surface area contributed by atoms with Crippen LogP contribution in [0, 0.1) is 27.1 Å². The fraction of sp³-hybridized carbons (Fsp3) is 0.754. The van der Waals surface area contributed by atoms with E-state index in [1.165, 1.54) is 104 Å². The van der Waals surface area contributed by atoms with Crippen LogP contribution in [0.1, 0.15) is 468 Å². The van der Waals surface area contributed by atoms with Gasteiger partial charge in [0.2, 0.25) is 23.5 Å². The van der Waals surface area contributed by atoms with E-state index in [-0.39, 0.29) is 61.7 Å². The molecule has 0 spiro atoms. The third-order valence-corrected chi connectivity index (χ3v) is 25.6. The van der Waals surface area contributed by atoms with Crippen LogP contribution < -0.4 is 60.3 Å². The highest BCUT2D eigenvalue weighted by molar-refractivity contribution is 5.33. The zero-order chi connectivity index (χ0) is 113. The van der Waals surface area contributed by atoms with E-state index in [2.05, 4.69) is 428 Å². The number of nitrogens with one attached hydrogen (secondary N) is 6. The first-order valence-corrected chi connectivity index (χ1v) is 57.7. The van der Waals surface area contributed by atoms with Crippen molar-refractivity contribution in [2.75, 3.05) is 39.3 Å². The van der Waals surface area contributed by atoms with Gasteiger partial charge in [-0.2, -0.15) is 0 Å². The van der Waals surface area contributed by atoms with Gasteiger partial charge < -0.3 is 70.0 Å². The topological polar surface area (TPSA) is 192 Å². The summed E-state index contributed by atoms with van der Waals surface area (Å²) in [5, 5.41) is 21.4. The first-order chi connectivity index (χ1) is 67.8. The summed E-state index contributed by atoms with van der Waals surface area (Å²) in [6.45, 7) is 112. The Hall–Kier alpha value is -6.48. The van der Waals surface area contributed by atoms with Crippen molar-refractivity contribution >= 4 is 0 Å². The summed E-state index contributed by atoms with van der Waals surface area (Å²) >= 11 is 0. The van der Waals surface area contributed by atoms with E-state index < -0.39 is 0 Å². The van der Waals surface area contributed by atoms with Gasteiger partial charge in [0, 0.05) is 139 Å². The van der Waals surface area contributed by atoms with Gasteiger partial charge in [-0.15, -0.1) is 0 Å². The number of hydrogen-bond acceptors (Lipinski definition) is 18.